The summed E-state index contributed by atoms with van der Waals surface area (Å²) in [5.41, 5.74) is -2.22. The Balaban J connectivity index is 3.14. The Hall–Kier alpha value is -2.08. The molecule has 2 N–H and O–H groups in total. The molecule has 1 rings (SSSR count). The molecule has 5 nitrogen and oxygen atoms in total. The summed E-state index contributed by atoms with van der Waals surface area (Å²) in [6, 6.07) is 9.98. The third-order valence-electron chi connectivity index (χ3n) is 4.89. The number of carbonyl (C=O) groups is 2. The number of ether oxygens (including phenoxy) is 1. The van der Waals surface area contributed by atoms with Crippen LogP contribution in [0.1, 0.15) is 34.6 Å². The average Bonchev–Trinajstić information content (AvgIpc) is 2.51. The van der Waals surface area contributed by atoms with Gasteiger partial charge in [-0.2, -0.15) is 0 Å². The van der Waals surface area contributed by atoms with Crippen molar-refractivity contribution in [2.75, 3.05) is 0 Å². The molecular formula is C20H31NO4Si. The number of carboxylic acid groups (broad SMARTS) is 1. The number of aliphatic carboxylic acids is 1. The van der Waals surface area contributed by atoms with Gasteiger partial charge >= 0.3 is 12.1 Å². The Morgan fingerprint density at radius 2 is 1.65 bits per heavy atom. The minimum absolute atomic E-state index is 0.477. The number of alkyl carbamates (subject to hydrolysis) is 1. The fourth-order valence-corrected chi connectivity index (χ4v) is 5.56. The highest BCUT2D eigenvalue weighted by atomic mass is 28.3. The van der Waals surface area contributed by atoms with Crippen LogP contribution in [0, 0.1) is 5.92 Å². The summed E-state index contributed by atoms with van der Waals surface area (Å²) >= 11 is 0. The van der Waals surface area contributed by atoms with E-state index in [0.29, 0.717) is 0 Å². The number of benzene rings is 1. The molecule has 6 heteroatoms. The topological polar surface area (TPSA) is 75.6 Å². The molecule has 1 aromatic carbocycles. The van der Waals surface area contributed by atoms with E-state index in [2.05, 4.69) is 25.0 Å². The lowest BCUT2D eigenvalue weighted by molar-refractivity contribution is -0.145. The lowest BCUT2D eigenvalue weighted by Gasteiger charge is -2.39. The van der Waals surface area contributed by atoms with Gasteiger partial charge in [-0.1, -0.05) is 60.7 Å². The number of carbonyl (C=O) groups excluding carboxylic acids is 1. The Labute approximate surface area is 157 Å². The van der Waals surface area contributed by atoms with Gasteiger partial charge in [0.15, 0.2) is 0 Å². The third-order valence-corrected chi connectivity index (χ3v) is 8.71. The number of hydrogen-bond donors (Lipinski definition) is 2. The number of amides is 1. The van der Waals surface area contributed by atoms with E-state index < -0.39 is 37.2 Å². The van der Waals surface area contributed by atoms with Crippen LogP contribution in [0.15, 0.2) is 42.1 Å². The Kier molecular flexibility index (Phi) is 6.47. The van der Waals surface area contributed by atoms with E-state index in [1.807, 2.05) is 30.3 Å². The van der Waals surface area contributed by atoms with E-state index in [1.165, 1.54) is 12.1 Å². The highest BCUT2D eigenvalue weighted by molar-refractivity contribution is 6.95. The van der Waals surface area contributed by atoms with Crippen molar-refractivity contribution in [3.8, 4) is 0 Å². The van der Waals surface area contributed by atoms with Crippen molar-refractivity contribution in [2.24, 2.45) is 5.92 Å². The summed E-state index contributed by atoms with van der Waals surface area (Å²) in [5, 5.41) is 14.4. The summed E-state index contributed by atoms with van der Waals surface area (Å²) < 4.78 is 5.25. The van der Waals surface area contributed by atoms with Gasteiger partial charge in [0.2, 0.25) is 0 Å². The summed E-state index contributed by atoms with van der Waals surface area (Å²) in [7, 11) is -2.15. The molecule has 0 saturated heterocycles. The van der Waals surface area contributed by atoms with Crippen LogP contribution in [0.25, 0.3) is 0 Å². The molecule has 2 atom stereocenters. The van der Waals surface area contributed by atoms with Crippen LogP contribution in [-0.2, 0) is 9.53 Å². The number of hydrogen-bond acceptors (Lipinski definition) is 3. The average molecular weight is 378 g/mol. The second kappa shape index (κ2) is 7.66. The van der Waals surface area contributed by atoms with Crippen molar-refractivity contribution in [1.82, 2.24) is 5.32 Å². The molecule has 0 aromatic heterocycles. The maximum absolute atomic E-state index is 12.2. The molecule has 0 heterocycles. The van der Waals surface area contributed by atoms with E-state index in [1.54, 1.807) is 27.7 Å². The SMILES string of the molecule is C=C([C@H](C)[C@@](C)(NC(=O)OC(C)(C)C)C(=O)O)[Si](C)(C)c1ccccc1. The molecule has 0 spiro atoms. The van der Waals surface area contributed by atoms with E-state index in [-0.39, 0.29) is 0 Å². The van der Waals surface area contributed by atoms with E-state index in [0.717, 1.165) is 5.20 Å². The largest absolute Gasteiger partial charge is 0.479 e. The second-order valence-electron chi connectivity index (χ2n) is 8.37. The molecule has 26 heavy (non-hydrogen) atoms. The van der Waals surface area contributed by atoms with Crippen molar-refractivity contribution < 1.29 is 19.4 Å². The van der Waals surface area contributed by atoms with Gasteiger partial charge < -0.3 is 15.2 Å². The smallest absolute Gasteiger partial charge is 0.408 e. The molecule has 0 aliphatic heterocycles. The van der Waals surface area contributed by atoms with Gasteiger partial charge in [0.25, 0.3) is 0 Å². The Morgan fingerprint density at radius 1 is 1.15 bits per heavy atom. The summed E-state index contributed by atoms with van der Waals surface area (Å²) in [5.74, 6) is -1.59. The quantitative estimate of drug-likeness (QED) is 0.741. The molecule has 0 aliphatic rings. The maximum Gasteiger partial charge on any atom is 0.408 e. The Morgan fingerprint density at radius 3 is 2.08 bits per heavy atom. The van der Waals surface area contributed by atoms with Gasteiger partial charge in [-0.05, 0) is 27.7 Å². The monoisotopic (exact) mass is 377 g/mol. The standard InChI is InChI=1S/C20H31NO4Si/c1-14(15(2)26(7,8)16-12-10-9-11-13-16)20(6,17(22)23)21-18(24)25-19(3,4)5/h9-14H,2H2,1,3-8H3,(H,21,24)(H,22,23)/t14-,20+/m0/s1. The van der Waals surface area contributed by atoms with Crippen LogP contribution in [0.4, 0.5) is 4.79 Å². The summed E-state index contributed by atoms with van der Waals surface area (Å²) in [4.78, 5) is 24.2. The first-order chi connectivity index (χ1) is 11.7. The number of carboxylic acids is 1. The molecule has 0 unspecified atom stereocenters. The van der Waals surface area contributed by atoms with Crippen molar-refractivity contribution >= 4 is 25.3 Å². The molecule has 1 amide bonds. The van der Waals surface area contributed by atoms with Crippen molar-refractivity contribution in [3.05, 3.63) is 42.1 Å². The minimum Gasteiger partial charge on any atom is -0.479 e. The molecule has 0 saturated carbocycles. The highest BCUT2D eigenvalue weighted by Gasteiger charge is 2.46. The fourth-order valence-electron chi connectivity index (χ4n) is 2.79. The number of rotatable bonds is 6. The van der Waals surface area contributed by atoms with Gasteiger partial charge in [0.05, 0.1) is 0 Å². The van der Waals surface area contributed by atoms with Gasteiger partial charge in [0.1, 0.15) is 19.2 Å². The van der Waals surface area contributed by atoms with Crippen LogP contribution < -0.4 is 10.5 Å². The maximum atomic E-state index is 12.2. The first-order valence-corrected chi connectivity index (χ1v) is 11.7. The lowest BCUT2D eigenvalue weighted by Crippen LogP contribution is -2.60. The van der Waals surface area contributed by atoms with Gasteiger partial charge in [0, 0.05) is 5.92 Å². The zero-order valence-electron chi connectivity index (χ0n) is 16.8. The number of nitrogens with one attached hydrogen (secondary N) is 1. The van der Waals surface area contributed by atoms with E-state index >= 15 is 0 Å². The second-order valence-corrected chi connectivity index (χ2v) is 12.8. The Bertz CT molecular complexity index is 679. The van der Waals surface area contributed by atoms with Gasteiger partial charge in [-0.3, -0.25) is 0 Å². The highest BCUT2D eigenvalue weighted by Crippen LogP contribution is 2.30. The molecule has 1 aromatic rings. The van der Waals surface area contributed by atoms with Crippen LogP contribution >= 0.6 is 0 Å². The van der Waals surface area contributed by atoms with Crippen LogP contribution in [0.3, 0.4) is 0 Å². The molecule has 0 bridgehead atoms. The van der Waals surface area contributed by atoms with Crippen molar-refractivity contribution in [3.63, 3.8) is 0 Å². The fraction of sp³-hybridized carbons (Fsp3) is 0.500. The van der Waals surface area contributed by atoms with E-state index in [4.69, 9.17) is 4.74 Å². The van der Waals surface area contributed by atoms with Gasteiger partial charge in [-0.25, -0.2) is 9.59 Å². The molecular weight excluding hydrogens is 346 g/mol. The molecule has 144 valence electrons. The minimum atomic E-state index is -2.15. The predicted molar refractivity (Wildman–Crippen MR) is 107 cm³/mol. The lowest BCUT2D eigenvalue weighted by atomic mass is 9.87. The zero-order valence-corrected chi connectivity index (χ0v) is 17.8. The summed E-state index contributed by atoms with van der Waals surface area (Å²) in [6.45, 7) is 17.0. The van der Waals surface area contributed by atoms with Crippen LogP contribution in [-0.4, -0.2) is 36.4 Å². The third kappa shape index (κ3) is 4.97. The molecule has 0 aliphatic carbocycles. The first-order valence-electron chi connectivity index (χ1n) is 8.71. The van der Waals surface area contributed by atoms with Crippen molar-refractivity contribution in [1.29, 1.82) is 0 Å². The predicted octanol–water partition coefficient (Wildman–Crippen LogP) is 3.70. The normalized spacial score (nSPS) is 15.5. The van der Waals surface area contributed by atoms with Crippen LogP contribution in [0.5, 0.6) is 0 Å². The summed E-state index contributed by atoms with van der Waals surface area (Å²) in [6.07, 6.45) is -0.749. The van der Waals surface area contributed by atoms with Crippen molar-refractivity contribution in [2.45, 2.75) is 58.9 Å². The van der Waals surface area contributed by atoms with E-state index in [9.17, 15) is 14.7 Å². The molecule has 0 radical (unpaired) electrons. The van der Waals surface area contributed by atoms with Crippen LogP contribution in [0.2, 0.25) is 13.1 Å². The zero-order chi connectivity index (χ0) is 20.3. The van der Waals surface area contributed by atoms with Gasteiger partial charge in [-0.15, -0.1) is 6.58 Å². The first kappa shape index (κ1) is 22.0. The molecule has 0 fully saturated rings.